The molecule has 0 fully saturated rings. The van der Waals surface area contributed by atoms with Gasteiger partial charge in [-0.25, -0.2) is 0 Å². The van der Waals surface area contributed by atoms with Gasteiger partial charge in [-0.15, -0.1) is 11.8 Å². The fraction of sp³-hybridized carbons (Fsp3) is 0.286. The van der Waals surface area contributed by atoms with Gasteiger partial charge >= 0.3 is 0 Å². The van der Waals surface area contributed by atoms with Crippen molar-refractivity contribution in [1.29, 1.82) is 0 Å². The molecule has 0 atom stereocenters. The van der Waals surface area contributed by atoms with E-state index in [2.05, 4.69) is 15.5 Å². The number of benzene rings is 1. The molecule has 0 unspecified atom stereocenters. The zero-order valence-corrected chi connectivity index (χ0v) is 11.9. The van der Waals surface area contributed by atoms with Gasteiger partial charge < -0.3 is 5.32 Å². The number of aromatic nitrogens is 2. The summed E-state index contributed by atoms with van der Waals surface area (Å²) in [5.74, 6) is 0.0297. The Hall–Kier alpha value is -1.75. The van der Waals surface area contributed by atoms with Crippen LogP contribution in [0.2, 0.25) is 0 Å². The Labute approximate surface area is 117 Å². The highest BCUT2D eigenvalue weighted by Gasteiger charge is 2.08. The van der Waals surface area contributed by atoms with E-state index in [0.29, 0.717) is 13.0 Å². The molecule has 0 aliphatic heterocycles. The molecule has 4 nitrogen and oxygen atoms in total. The number of aromatic amines is 1. The van der Waals surface area contributed by atoms with E-state index in [1.807, 2.05) is 37.4 Å². The fourth-order valence-electron chi connectivity index (χ4n) is 1.83. The second kappa shape index (κ2) is 6.43. The predicted molar refractivity (Wildman–Crippen MR) is 77.1 cm³/mol. The van der Waals surface area contributed by atoms with Crippen LogP contribution < -0.4 is 5.32 Å². The number of amides is 1. The number of nitrogens with one attached hydrogen (secondary N) is 2. The largest absolute Gasteiger partial charge is 0.352 e. The number of carbonyl (C=O) groups excluding carboxylic acids is 1. The summed E-state index contributed by atoms with van der Waals surface area (Å²) in [5.41, 5.74) is 3.08. The van der Waals surface area contributed by atoms with E-state index >= 15 is 0 Å². The topological polar surface area (TPSA) is 57.8 Å². The molecule has 2 aromatic rings. The smallest absolute Gasteiger partial charge is 0.224 e. The van der Waals surface area contributed by atoms with Crippen molar-refractivity contribution in [2.75, 3.05) is 6.26 Å². The average molecular weight is 275 g/mol. The first-order valence-electron chi connectivity index (χ1n) is 6.08. The summed E-state index contributed by atoms with van der Waals surface area (Å²) in [6.07, 6.45) is 4.17. The maximum Gasteiger partial charge on any atom is 0.224 e. The fourth-order valence-corrected chi connectivity index (χ4v) is 2.45. The molecule has 1 aromatic heterocycles. The van der Waals surface area contributed by atoms with Crippen molar-refractivity contribution in [2.45, 2.75) is 24.8 Å². The minimum Gasteiger partial charge on any atom is -0.352 e. The first-order valence-corrected chi connectivity index (χ1v) is 7.30. The Kier molecular flexibility index (Phi) is 4.63. The van der Waals surface area contributed by atoms with Crippen molar-refractivity contribution in [3.63, 3.8) is 0 Å². The second-order valence-electron chi connectivity index (χ2n) is 4.29. The minimum atomic E-state index is 0.0297. The van der Waals surface area contributed by atoms with Crippen LogP contribution >= 0.6 is 11.8 Å². The van der Waals surface area contributed by atoms with Crippen LogP contribution in [0.25, 0.3) is 0 Å². The Morgan fingerprint density at radius 2 is 2.16 bits per heavy atom. The molecular weight excluding hydrogens is 258 g/mol. The summed E-state index contributed by atoms with van der Waals surface area (Å²) in [6, 6.07) is 7.98. The van der Waals surface area contributed by atoms with Crippen molar-refractivity contribution in [3.05, 3.63) is 47.3 Å². The molecule has 0 radical (unpaired) electrons. The van der Waals surface area contributed by atoms with E-state index in [-0.39, 0.29) is 5.91 Å². The standard InChI is InChI=1S/C14H17N3OS/c1-10-12(9-16-17-10)8-15-14(18)7-11-5-3-4-6-13(11)19-2/h3-6,9H,7-8H2,1-2H3,(H,15,18)(H,16,17). The van der Waals surface area contributed by atoms with Gasteiger partial charge in [-0.05, 0) is 24.8 Å². The molecular formula is C14H17N3OS. The molecule has 19 heavy (non-hydrogen) atoms. The van der Waals surface area contributed by atoms with Gasteiger partial charge in [0.1, 0.15) is 0 Å². The van der Waals surface area contributed by atoms with Crippen LogP contribution in [-0.4, -0.2) is 22.4 Å². The summed E-state index contributed by atoms with van der Waals surface area (Å²) in [4.78, 5) is 13.1. The summed E-state index contributed by atoms with van der Waals surface area (Å²) >= 11 is 1.66. The van der Waals surface area contributed by atoms with Crippen LogP contribution in [0, 0.1) is 6.92 Å². The monoisotopic (exact) mass is 275 g/mol. The summed E-state index contributed by atoms with van der Waals surface area (Å²) in [6.45, 7) is 2.46. The number of aryl methyl sites for hydroxylation is 1. The van der Waals surface area contributed by atoms with Gasteiger partial charge in [-0.1, -0.05) is 18.2 Å². The number of H-pyrrole nitrogens is 1. The minimum absolute atomic E-state index is 0.0297. The van der Waals surface area contributed by atoms with Crippen LogP contribution in [0.4, 0.5) is 0 Å². The zero-order chi connectivity index (χ0) is 13.7. The van der Waals surface area contributed by atoms with E-state index in [1.165, 1.54) is 0 Å². The van der Waals surface area contributed by atoms with E-state index in [9.17, 15) is 4.79 Å². The van der Waals surface area contributed by atoms with Gasteiger partial charge in [0, 0.05) is 22.7 Å². The first-order chi connectivity index (χ1) is 9.20. The SMILES string of the molecule is CSc1ccccc1CC(=O)NCc1cn[nH]c1C. The van der Waals surface area contributed by atoms with Crippen molar-refractivity contribution >= 4 is 17.7 Å². The molecule has 0 aliphatic carbocycles. The van der Waals surface area contributed by atoms with Crippen LogP contribution in [0.15, 0.2) is 35.4 Å². The molecule has 0 aliphatic rings. The zero-order valence-electron chi connectivity index (χ0n) is 11.1. The molecule has 0 bridgehead atoms. The highest BCUT2D eigenvalue weighted by molar-refractivity contribution is 7.98. The molecule has 100 valence electrons. The summed E-state index contributed by atoms with van der Waals surface area (Å²) < 4.78 is 0. The van der Waals surface area contributed by atoms with Gasteiger partial charge in [0.15, 0.2) is 0 Å². The highest BCUT2D eigenvalue weighted by atomic mass is 32.2. The number of thioether (sulfide) groups is 1. The molecule has 1 heterocycles. The molecule has 1 amide bonds. The van der Waals surface area contributed by atoms with Crippen LogP contribution in [-0.2, 0) is 17.8 Å². The predicted octanol–water partition coefficient (Wildman–Crippen LogP) is 2.30. The second-order valence-corrected chi connectivity index (χ2v) is 5.13. The Balaban J connectivity index is 1.93. The molecule has 5 heteroatoms. The molecule has 1 aromatic carbocycles. The van der Waals surface area contributed by atoms with Gasteiger partial charge in [-0.2, -0.15) is 5.10 Å². The third kappa shape index (κ3) is 3.61. The molecule has 0 saturated carbocycles. The van der Waals surface area contributed by atoms with Gasteiger partial charge in [-0.3, -0.25) is 9.89 Å². The maximum atomic E-state index is 11.9. The van der Waals surface area contributed by atoms with E-state index in [0.717, 1.165) is 21.7 Å². The maximum absolute atomic E-state index is 11.9. The Morgan fingerprint density at radius 1 is 1.37 bits per heavy atom. The molecule has 0 saturated heterocycles. The van der Waals surface area contributed by atoms with E-state index in [4.69, 9.17) is 0 Å². The quantitative estimate of drug-likeness (QED) is 0.823. The number of carbonyl (C=O) groups is 1. The van der Waals surface area contributed by atoms with E-state index in [1.54, 1.807) is 18.0 Å². The van der Waals surface area contributed by atoms with E-state index < -0.39 is 0 Å². The van der Waals surface area contributed by atoms with Gasteiger partial charge in [0.2, 0.25) is 5.91 Å². The van der Waals surface area contributed by atoms with Crippen molar-refractivity contribution < 1.29 is 4.79 Å². The lowest BCUT2D eigenvalue weighted by molar-refractivity contribution is -0.120. The summed E-state index contributed by atoms with van der Waals surface area (Å²) in [7, 11) is 0. The Morgan fingerprint density at radius 3 is 2.84 bits per heavy atom. The molecule has 2 N–H and O–H groups in total. The lowest BCUT2D eigenvalue weighted by Gasteiger charge is -2.08. The Bertz CT molecular complexity index is 565. The number of hydrogen-bond acceptors (Lipinski definition) is 3. The van der Waals surface area contributed by atoms with Crippen LogP contribution in [0.1, 0.15) is 16.8 Å². The third-order valence-electron chi connectivity index (χ3n) is 2.95. The first kappa shape index (κ1) is 13.7. The van der Waals surface area contributed by atoms with Crippen molar-refractivity contribution in [3.8, 4) is 0 Å². The number of nitrogens with zero attached hydrogens (tertiary/aromatic N) is 1. The van der Waals surface area contributed by atoms with Gasteiger partial charge in [0.25, 0.3) is 0 Å². The lowest BCUT2D eigenvalue weighted by atomic mass is 10.1. The summed E-state index contributed by atoms with van der Waals surface area (Å²) in [5, 5.41) is 9.70. The lowest BCUT2D eigenvalue weighted by Crippen LogP contribution is -2.24. The van der Waals surface area contributed by atoms with Crippen LogP contribution in [0.3, 0.4) is 0 Å². The van der Waals surface area contributed by atoms with Crippen molar-refractivity contribution in [1.82, 2.24) is 15.5 Å². The number of rotatable bonds is 5. The third-order valence-corrected chi connectivity index (χ3v) is 3.79. The number of hydrogen-bond donors (Lipinski definition) is 2. The molecule has 0 spiro atoms. The van der Waals surface area contributed by atoms with Crippen molar-refractivity contribution in [2.24, 2.45) is 0 Å². The normalized spacial score (nSPS) is 10.4. The van der Waals surface area contributed by atoms with Crippen LogP contribution in [0.5, 0.6) is 0 Å². The highest BCUT2D eigenvalue weighted by Crippen LogP contribution is 2.20. The molecule has 2 rings (SSSR count). The van der Waals surface area contributed by atoms with Gasteiger partial charge in [0.05, 0.1) is 12.6 Å². The average Bonchev–Trinajstić information content (AvgIpc) is 2.82.